The third-order valence-electron chi connectivity index (χ3n) is 5.29. The van der Waals surface area contributed by atoms with E-state index in [9.17, 15) is 8.42 Å². The third-order valence-corrected chi connectivity index (χ3v) is 6.73. The Balaban J connectivity index is 1.82. The first-order chi connectivity index (χ1) is 16.5. The zero-order chi connectivity index (χ0) is 23.8. The monoisotopic (exact) mass is 463 g/mol. The van der Waals surface area contributed by atoms with E-state index < -0.39 is 16.1 Å². The molecule has 0 fully saturated rings. The van der Waals surface area contributed by atoms with Gasteiger partial charge in [0, 0.05) is 11.1 Å². The number of benzene rings is 4. The molecule has 0 saturated heterocycles. The maximum Gasteiger partial charge on any atom is 0.241 e. The van der Waals surface area contributed by atoms with Gasteiger partial charge < -0.3 is 0 Å². The molecule has 1 N–H and O–H groups in total. The largest absolute Gasteiger partial charge is 0.241 e. The van der Waals surface area contributed by atoms with Crippen LogP contribution in [0.25, 0.3) is 6.08 Å². The lowest BCUT2D eigenvalue weighted by molar-refractivity contribution is 0.572. The smallest absolute Gasteiger partial charge is 0.207 e. The maximum atomic E-state index is 13.4. The fraction of sp³-hybridized carbons (Fsp3) is 0.0667. The van der Waals surface area contributed by atoms with Gasteiger partial charge in [-0.1, -0.05) is 108 Å². The zero-order valence-corrected chi connectivity index (χ0v) is 19.7. The van der Waals surface area contributed by atoms with Crippen LogP contribution in [-0.4, -0.2) is 8.42 Å². The van der Waals surface area contributed by atoms with Crippen molar-refractivity contribution in [2.45, 2.75) is 17.9 Å². The molecule has 0 spiro atoms. The Morgan fingerprint density at radius 3 is 1.94 bits per heavy atom. The second-order valence-corrected chi connectivity index (χ2v) is 9.62. The molecule has 0 amide bonds. The van der Waals surface area contributed by atoms with Crippen molar-refractivity contribution < 1.29 is 8.42 Å². The number of sulfonamides is 1. The van der Waals surface area contributed by atoms with Crippen molar-refractivity contribution in [3.63, 3.8) is 0 Å². The van der Waals surface area contributed by atoms with Gasteiger partial charge >= 0.3 is 0 Å². The van der Waals surface area contributed by atoms with E-state index in [0.29, 0.717) is 5.57 Å². The van der Waals surface area contributed by atoms with Crippen molar-refractivity contribution >= 4 is 16.1 Å². The molecule has 4 heteroatoms. The molecule has 1 atom stereocenters. The summed E-state index contributed by atoms with van der Waals surface area (Å²) in [5.74, 6) is 6.45. The van der Waals surface area contributed by atoms with E-state index in [1.54, 1.807) is 24.3 Å². The van der Waals surface area contributed by atoms with E-state index in [0.717, 1.165) is 22.3 Å². The van der Waals surface area contributed by atoms with Crippen molar-refractivity contribution in [1.82, 2.24) is 4.72 Å². The van der Waals surface area contributed by atoms with E-state index in [-0.39, 0.29) is 4.90 Å². The molecule has 0 radical (unpaired) electrons. The molecule has 4 aromatic rings. The first-order valence-corrected chi connectivity index (χ1v) is 12.5. The second kappa shape index (κ2) is 10.8. The molecule has 0 saturated carbocycles. The van der Waals surface area contributed by atoms with Crippen LogP contribution in [-0.2, 0) is 10.0 Å². The lowest BCUT2D eigenvalue weighted by Gasteiger charge is -2.20. The van der Waals surface area contributed by atoms with Crippen LogP contribution < -0.4 is 4.72 Å². The molecule has 4 aromatic carbocycles. The Hall–Kier alpha value is -3.91. The van der Waals surface area contributed by atoms with Crippen LogP contribution in [0.2, 0.25) is 0 Å². The topological polar surface area (TPSA) is 46.2 Å². The highest BCUT2D eigenvalue weighted by atomic mass is 32.2. The molecule has 3 nitrogen and oxygen atoms in total. The van der Waals surface area contributed by atoms with Crippen LogP contribution in [0.1, 0.15) is 28.3 Å². The van der Waals surface area contributed by atoms with Crippen molar-refractivity contribution in [2.24, 2.45) is 0 Å². The van der Waals surface area contributed by atoms with Crippen LogP contribution >= 0.6 is 0 Å². The lowest BCUT2D eigenvalue weighted by atomic mass is 9.97. The summed E-state index contributed by atoms with van der Waals surface area (Å²) in [5, 5.41) is 0. The van der Waals surface area contributed by atoms with Crippen molar-refractivity contribution in [2.75, 3.05) is 0 Å². The fourth-order valence-electron chi connectivity index (χ4n) is 3.48. The summed E-state index contributed by atoms with van der Waals surface area (Å²) in [6.07, 6.45) is 1.94. The zero-order valence-electron chi connectivity index (χ0n) is 18.8. The Labute approximate surface area is 201 Å². The summed E-state index contributed by atoms with van der Waals surface area (Å²) in [5.41, 5.74) is 4.25. The molecule has 168 valence electrons. The lowest BCUT2D eigenvalue weighted by Crippen LogP contribution is -2.29. The number of rotatable bonds is 6. The Morgan fingerprint density at radius 1 is 0.765 bits per heavy atom. The minimum absolute atomic E-state index is 0.217. The van der Waals surface area contributed by atoms with Gasteiger partial charge in [0.1, 0.15) is 0 Å². The van der Waals surface area contributed by atoms with Gasteiger partial charge in [-0.25, -0.2) is 8.42 Å². The van der Waals surface area contributed by atoms with Gasteiger partial charge in [-0.2, -0.15) is 4.72 Å². The minimum atomic E-state index is -3.80. The van der Waals surface area contributed by atoms with E-state index in [2.05, 4.69) is 16.6 Å². The molecule has 0 aliphatic rings. The van der Waals surface area contributed by atoms with Gasteiger partial charge in [0.15, 0.2) is 0 Å². The van der Waals surface area contributed by atoms with E-state index in [1.807, 2.05) is 104 Å². The molecule has 4 rings (SSSR count). The summed E-state index contributed by atoms with van der Waals surface area (Å²) in [4.78, 5) is 0.217. The van der Waals surface area contributed by atoms with Crippen LogP contribution in [0, 0.1) is 18.8 Å². The number of nitrogens with one attached hydrogen (secondary N) is 1. The molecular formula is C30H25NO2S. The van der Waals surface area contributed by atoms with Crippen LogP contribution in [0.3, 0.4) is 0 Å². The molecule has 0 unspecified atom stereocenters. The van der Waals surface area contributed by atoms with E-state index in [1.165, 1.54) is 0 Å². The summed E-state index contributed by atoms with van der Waals surface area (Å²) >= 11 is 0. The van der Waals surface area contributed by atoms with Gasteiger partial charge in [0.2, 0.25) is 10.0 Å². The summed E-state index contributed by atoms with van der Waals surface area (Å²) in [6.45, 7) is 1.93. The quantitative estimate of drug-likeness (QED) is 0.349. The molecule has 0 aromatic heterocycles. The molecule has 0 aliphatic carbocycles. The second-order valence-electron chi connectivity index (χ2n) is 7.90. The number of aryl methyl sites for hydroxylation is 1. The highest BCUT2D eigenvalue weighted by Gasteiger charge is 2.24. The minimum Gasteiger partial charge on any atom is -0.207 e. The average Bonchev–Trinajstić information content (AvgIpc) is 2.87. The van der Waals surface area contributed by atoms with Crippen molar-refractivity contribution in [1.29, 1.82) is 0 Å². The summed E-state index contributed by atoms with van der Waals surface area (Å²) < 4.78 is 29.6. The molecular weight excluding hydrogens is 438 g/mol. The summed E-state index contributed by atoms with van der Waals surface area (Å²) in [7, 11) is -3.80. The van der Waals surface area contributed by atoms with Gasteiger partial charge in [-0.3, -0.25) is 0 Å². The van der Waals surface area contributed by atoms with Crippen molar-refractivity contribution in [3.8, 4) is 11.8 Å². The first kappa shape index (κ1) is 23.3. The van der Waals surface area contributed by atoms with Crippen molar-refractivity contribution in [3.05, 3.63) is 143 Å². The Morgan fingerprint density at radius 2 is 1.32 bits per heavy atom. The molecule has 0 heterocycles. The fourth-order valence-corrected chi connectivity index (χ4v) is 4.69. The maximum absolute atomic E-state index is 13.4. The first-order valence-electron chi connectivity index (χ1n) is 11.0. The SMILES string of the molecule is Cc1ccc(S(=O)(=O)N[C@H](/C(C#Cc2ccccc2)=C/c2ccccc2)c2ccccc2)cc1. The Bertz CT molecular complexity index is 1420. The number of hydrogen-bond donors (Lipinski definition) is 1. The predicted molar refractivity (Wildman–Crippen MR) is 138 cm³/mol. The highest BCUT2D eigenvalue weighted by Crippen LogP contribution is 2.26. The van der Waals surface area contributed by atoms with Gasteiger partial charge in [-0.05, 0) is 48.4 Å². The van der Waals surface area contributed by atoms with Crippen LogP contribution in [0.4, 0.5) is 0 Å². The summed E-state index contributed by atoms with van der Waals surface area (Å²) in [6, 6.07) is 35.1. The highest BCUT2D eigenvalue weighted by molar-refractivity contribution is 7.89. The third kappa shape index (κ3) is 6.11. The van der Waals surface area contributed by atoms with E-state index >= 15 is 0 Å². The average molecular weight is 464 g/mol. The predicted octanol–water partition coefficient (Wildman–Crippen LogP) is 6.15. The van der Waals surface area contributed by atoms with Gasteiger partial charge in [0.05, 0.1) is 10.9 Å². The van der Waals surface area contributed by atoms with Gasteiger partial charge in [0.25, 0.3) is 0 Å². The standard InChI is InChI=1S/C30H25NO2S/c1-24-17-21-29(22-18-24)34(32,33)31-30(27-15-9-4-10-16-27)28(23-26-13-7-3-8-14-26)20-19-25-11-5-2-6-12-25/h2-18,21-23,30-31H,1H3/b28-23+/t30-/m0/s1. The van der Waals surface area contributed by atoms with E-state index in [4.69, 9.17) is 0 Å². The Kier molecular flexibility index (Phi) is 7.39. The molecule has 0 bridgehead atoms. The van der Waals surface area contributed by atoms with Crippen LogP contribution in [0.15, 0.2) is 126 Å². The molecule has 34 heavy (non-hydrogen) atoms. The normalized spacial score (nSPS) is 12.4. The number of hydrogen-bond acceptors (Lipinski definition) is 2. The van der Waals surface area contributed by atoms with Gasteiger partial charge in [-0.15, -0.1) is 0 Å². The van der Waals surface area contributed by atoms with Crippen LogP contribution in [0.5, 0.6) is 0 Å². The molecule has 0 aliphatic heterocycles.